The molecule has 134 valence electrons. The van der Waals surface area contributed by atoms with Gasteiger partial charge in [-0.1, -0.05) is 19.1 Å². The lowest BCUT2D eigenvalue weighted by Gasteiger charge is -2.30. The number of carbonyl (C=O) groups excluding carboxylic acids is 1. The molecule has 5 nitrogen and oxygen atoms in total. The van der Waals surface area contributed by atoms with Crippen molar-refractivity contribution in [2.75, 3.05) is 13.1 Å². The fourth-order valence-electron chi connectivity index (χ4n) is 3.42. The quantitative estimate of drug-likeness (QED) is 0.714. The normalized spacial score (nSPS) is 16.0. The van der Waals surface area contributed by atoms with Crippen LogP contribution in [0.25, 0.3) is 23.2 Å². The summed E-state index contributed by atoms with van der Waals surface area (Å²) in [5, 5.41) is 0. The third-order valence-electron chi connectivity index (χ3n) is 5.05. The molecule has 4 rings (SSSR count). The first-order chi connectivity index (χ1) is 12.7. The van der Waals surface area contributed by atoms with E-state index in [1.165, 1.54) is 0 Å². The molecule has 3 heterocycles. The molecule has 1 aliphatic heterocycles. The van der Waals surface area contributed by atoms with Crippen molar-refractivity contribution in [1.82, 2.24) is 14.5 Å². The van der Waals surface area contributed by atoms with Crippen molar-refractivity contribution in [3.8, 4) is 0 Å². The Balaban J connectivity index is 1.62. The van der Waals surface area contributed by atoms with Gasteiger partial charge in [-0.3, -0.25) is 4.79 Å². The van der Waals surface area contributed by atoms with Crippen molar-refractivity contribution < 1.29 is 9.21 Å². The Hall–Kier alpha value is -2.82. The minimum Gasteiger partial charge on any atom is -0.465 e. The van der Waals surface area contributed by atoms with E-state index in [0.717, 1.165) is 48.5 Å². The first-order valence-electron chi connectivity index (χ1n) is 9.15. The Labute approximate surface area is 152 Å². The van der Waals surface area contributed by atoms with Crippen molar-refractivity contribution in [1.29, 1.82) is 0 Å². The fourth-order valence-corrected chi connectivity index (χ4v) is 3.42. The van der Waals surface area contributed by atoms with Gasteiger partial charge in [-0.25, -0.2) is 4.98 Å². The lowest BCUT2D eigenvalue weighted by molar-refractivity contribution is -0.133. The van der Waals surface area contributed by atoms with Gasteiger partial charge >= 0.3 is 0 Å². The van der Waals surface area contributed by atoms with Gasteiger partial charge in [0.2, 0.25) is 5.91 Å². The predicted octanol–water partition coefficient (Wildman–Crippen LogP) is 4.06. The van der Waals surface area contributed by atoms with E-state index >= 15 is 0 Å². The third kappa shape index (κ3) is 3.43. The number of nitrogens with zero attached hydrogens (tertiary/aromatic N) is 3. The number of hydrogen-bond acceptors (Lipinski definition) is 3. The van der Waals surface area contributed by atoms with Crippen LogP contribution in [0.15, 0.2) is 47.1 Å². The second-order valence-electron chi connectivity index (χ2n) is 6.96. The number of para-hydroxylation sites is 2. The maximum Gasteiger partial charge on any atom is 0.242 e. The Morgan fingerprint density at radius 3 is 2.77 bits per heavy atom. The van der Waals surface area contributed by atoms with Crippen LogP contribution in [0, 0.1) is 5.92 Å². The van der Waals surface area contributed by atoms with Crippen molar-refractivity contribution in [2.24, 2.45) is 5.92 Å². The highest BCUT2D eigenvalue weighted by Gasteiger charge is 2.21. The lowest BCUT2D eigenvalue weighted by Crippen LogP contribution is -2.39. The van der Waals surface area contributed by atoms with Crippen LogP contribution < -0.4 is 0 Å². The second-order valence-corrected chi connectivity index (χ2v) is 6.96. The van der Waals surface area contributed by atoms with Crippen molar-refractivity contribution in [3.63, 3.8) is 0 Å². The Kier molecular flexibility index (Phi) is 4.61. The molecule has 1 saturated heterocycles. The number of fused-ring (bicyclic) bond motifs is 1. The molecule has 0 radical (unpaired) electrons. The van der Waals surface area contributed by atoms with Gasteiger partial charge in [0, 0.05) is 13.1 Å². The fraction of sp³-hybridized carbons (Fsp3) is 0.333. The number of carbonyl (C=O) groups is 1. The van der Waals surface area contributed by atoms with Gasteiger partial charge in [0.05, 0.1) is 17.3 Å². The SMILES string of the molecule is CC1CCN(C(=O)Cn2c(/C=C/c3ccco3)nc3ccccc32)CC1. The zero-order valence-corrected chi connectivity index (χ0v) is 15.0. The minimum absolute atomic E-state index is 0.160. The van der Waals surface area contributed by atoms with Crippen molar-refractivity contribution in [2.45, 2.75) is 26.3 Å². The topological polar surface area (TPSA) is 51.3 Å². The van der Waals surface area contributed by atoms with Crippen LogP contribution in [0.3, 0.4) is 0 Å². The van der Waals surface area contributed by atoms with Crippen LogP contribution in [0.1, 0.15) is 31.4 Å². The Morgan fingerprint density at radius 2 is 2.00 bits per heavy atom. The summed E-state index contributed by atoms with van der Waals surface area (Å²) < 4.78 is 7.35. The van der Waals surface area contributed by atoms with Gasteiger partial charge in [-0.2, -0.15) is 0 Å². The van der Waals surface area contributed by atoms with Crippen LogP contribution in [-0.2, 0) is 11.3 Å². The zero-order valence-electron chi connectivity index (χ0n) is 15.0. The van der Waals surface area contributed by atoms with E-state index in [1.807, 2.05) is 58.0 Å². The van der Waals surface area contributed by atoms with E-state index in [9.17, 15) is 4.79 Å². The summed E-state index contributed by atoms with van der Waals surface area (Å²) in [5.74, 6) is 2.40. The first kappa shape index (κ1) is 16.6. The van der Waals surface area contributed by atoms with Crippen LogP contribution in [0.4, 0.5) is 0 Å². The minimum atomic E-state index is 0.160. The summed E-state index contributed by atoms with van der Waals surface area (Å²) in [4.78, 5) is 19.5. The van der Waals surface area contributed by atoms with Crippen LogP contribution >= 0.6 is 0 Å². The zero-order chi connectivity index (χ0) is 17.9. The molecule has 5 heteroatoms. The molecule has 1 fully saturated rings. The lowest BCUT2D eigenvalue weighted by atomic mass is 9.99. The monoisotopic (exact) mass is 349 g/mol. The molecular weight excluding hydrogens is 326 g/mol. The highest BCUT2D eigenvalue weighted by atomic mass is 16.3. The van der Waals surface area contributed by atoms with Crippen molar-refractivity contribution >= 4 is 29.1 Å². The molecule has 1 aliphatic rings. The molecule has 0 aliphatic carbocycles. The maximum atomic E-state index is 12.8. The van der Waals surface area contributed by atoms with E-state index < -0.39 is 0 Å². The molecule has 26 heavy (non-hydrogen) atoms. The summed E-state index contributed by atoms with van der Waals surface area (Å²) >= 11 is 0. The molecule has 0 N–H and O–H groups in total. The van der Waals surface area contributed by atoms with Crippen LogP contribution in [0.2, 0.25) is 0 Å². The molecule has 0 bridgehead atoms. The Bertz CT molecular complexity index is 916. The number of amides is 1. The Morgan fingerprint density at radius 1 is 1.19 bits per heavy atom. The highest BCUT2D eigenvalue weighted by Crippen LogP contribution is 2.20. The smallest absolute Gasteiger partial charge is 0.242 e. The average molecular weight is 349 g/mol. The summed E-state index contributed by atoms with van der Waals surface area (Å²) in [6.45, 7) is 4.27. The summed E-state index contributed by atoms with van der Waals surface area (Å²) in [5.41, 5.74) is 1.87. The van der Waals surface area contributed by atoms with Gasteiger partial charge in [0.1, 0.15) is 18.1 Å². The third-order valence-corrected chi connectivity index (χ3v) is 5.05. The molecular formula is C21H23N3O2. The number of piperidine rings is 1. The highest BCUT2D eigenvalue weighted by molar-refractivity contribution is 5.83. The number of rotatable bonds is 4. The van der Waals surface area contributed by atoms with Crippen LogP contribution in [-0.4, -0.2) is 33.4 Å². The number of hydrogen-bond donors (Lipinski definition) is 0. The van der Waals surface area contributed by atoms with Gasteiger partial charge in [-0.05, 0) is 55.2 Å². The molecule has 0 spiro atoms. The molecule has 0 unspecified atom stereocenters. The summed E-state index contributed by atoms with van der Waals surface area (Å²) in [7, 11) is 0. The average Bonchev–Trinajstić information content (AvgIpc) is 3.29. The first-order valence-corrected chi connectivity index (χ1v) is 9.15. The van der Waals surface area contributed by atoms with E-state index in [1.54, 1.807) is 6.26 Å². The molecule has 1 amide bonds. The van der Waals surface area contributed by atoms with Gasteiger partial charge in [0.25, 0.3) is 0 Å². The number of imidazole rings is 1. The van der Waals surface area contributed by atoms with Gasteiger partial charge in [-0.15, -0.1) is 0 Å². The van der Waals surface area contributed by atoms with Crippen LogP contribution in [0.5, 0.6) is 0 Å². The van der Waals surface area contributed by atoms with E-state index in [0.29, 0.717) is 12.5 Å². The number of likely N-dealkylation sites (tertiary alicyclic amines) is 1. The molecule has 1 aromatic carbocycles. The van der Waals surface area contributed by atoms with Crippen molar-refractivity contribution in [3.05, 3.63) is 54.2 Å². The summed E-state index contributed by atoms with van der Waals surface area (Å²) in [6.07, 6.45) is 7.60. The van der Waals surface area contributed by atoms with E-state index in [4.69, 9.17) is 4.42 Å². The molecule has 2 aromatic heterocycles. The predicted molar refractivity (Wildman–Crippen MR) is 102 cm³/mol. The number of aromatic nitrogens is 2. The molecule has 3 aromatic rings. The number of benzene rings is 1. The van der Waals surface area contributed by atoms with E-state index in [2.05, 4.69) is 11.9 Å². The van der Waals surface area contributed by atoms with Gasteiger partial charge in [0.15, 0.2) is 0 Å². The largest absolute Gasteiger partial charge is 0.465 e. The maximum absolute atomic E-state index is 12.8. The van der Waals surface area contributed by atoms with Gasteiger partial charge < -0.3 is 13.9 Å². The molecule has 0 saturated carbocycles. The molecule has 0 atom stereocenters. The van der Waals surface area contributed by atoms with E-state index in [-0.39, 0.29) is 5.91 Å². The number of furan rings is 1. The second kappa shape index (κ2) is 7.20. The standard InChI is InChI=1S/C21H23N3O2/c1-16-10-12-23(13-11-16)21(25)15-24-19-7-3-2-6-18(19)22-20(24)9-8-17-5-4-14-26-17/h2-9,14,16H,10-13,15H2,1H3/b9-8+. The summed E-state index contributed by atoms with van der Waals surface area (Å²) in [6, 6.07) is 11.7.